The maximum absolute atomic E-state index is 9.00. The van der Waals surface area contributed by atoms with Crippen molar-refractivity contribution in [2.45, 2.75) is 20.0 Å². The third-order valence-corrected chi connectivity index (χ3v) is 1.36. The van der Waals surface area contributed by atoms with Crippen molar-refractivity contribution in [1.82, 2.24) is 0 Å². The molecule has 0 aliphatic carbocycles. The number of aliphatic hydroxyl groups is 1. The first-order chi connectivity index (χ1) is 7.54. The zero-order chi connectivity index (χ0) is 12.8. The first-order valence-electron chi connectivity index (χ1n) is 5.03. The van der Waals surface area contributed by atoms with E-state index in [0.29, 0.717) is 26.4 Å². The first-order valence-corrected chi connectivity index (χ1v) is 5.03. The fourth-order valence-electron chi connectivity index (χ4n) is 0.602. The van der Waals surface area contributed by atoms with Crippen LogP contribution in [0.25, 0.3) is 0 Å². The van der Waals surface area contributed by atoms with Crippen LogP contribution in [0.3, 0.4) is 0 Å². The molecule has 0 saturated heterocycles. The van der Waals surface area contributed by atoms with Crippen LogP contribution in [0.4, 0.5) is 0 Å². The Balaban J connectivity index is 0. The Hall–Kier alpha value is -0.690. The average Bonchev–Trinajstić information content (AvgIpc) is 2.22. The lowest BCUT2D eigenvalue weighted by atomic mass is 10.4. The number of carboxylic acid groups (broad SMARTS) is 1. The smallest absolute Gasteiger partial charge is 0.300 e. The highest BCUT2D eigenvalue weighted by Gasteiger charge is 1.97. The Morgan fingerprint density at radius 2 is 1.75 bits per heavy atom. The summed E-state index contributed by atoms with van der Waals surface area (Å²) in [5.74, 6) is -0.833. The molecule has 0 spiro atoms. The molecule has 0 aromatic rings. The van der Waals surface area contributed by atoms with Crippen LogP contribution < -0.4 is 0 Å². The fraction of sp³-hybridized carbons (Fsp3) is 0.900. The van der Waals surface area contributed by atoms with Crippen LogP contribution in [-0.2, 0) is 19.0 Å². The number of carboxylic acids is 1. The summed E-state index contributed by atoms with van der Waals surface area (Å²) in [6, 6.07) is 0. The van der Waals surface area contributed by atoms with Gasteiger partial charge in [0.1, 0.15) is 0 Å². The largest absolute Gasteiger partial charge is 0.481 e. The third kappa shape index (κ3) is 23.3. The SMILES string of the molecule is CC(=O)O.COC(C)COCCOCCO. The van der Waals surface area contributed by atoms with E-state index < -0.39 is 5.97 Å². The zero-order valence-corrected chi connectivity index (χ0v) is 10.1. The summed E-state index contributed by atoms with van der Waals surface area (Å²) in [7, 11) is 1.65. The Kier molecular flexibility index (Phi) is 15.8. The van der Waals surface area contributed by atoms with Gasteiger partial charge in [-0.05, 0) is 6.92 Å². The third-order valence-electron chi connectivity index (χ3n) is 1.36. The van der Waals surface area contributed by atoms with Gasteiger partial charge in [0.2, 0.25) is 0 Å². The molecule has 0 bridgehead atoms. The van der Waals surface area contributed by atoms with Crippen molar-refractivity contribution < 1.29 is 29.2 Å². The number of hydrogen-bond acceptors (Lipinski definition) is 5. The van der Waals surface area contributed by atoms with Crippen molar-refractivity contribution >= 4 is 5.97 Å². The van der Waals surface area contributed by atoms with Crippen LogP contribution in [0, 0.1) is 0 Å². The van der Waals surface area contributed by atoms with Crippen molar-refractivity contribution in [3.63, 3.8) is 0 Å². The summed E-state index contributed by atoms with van der Waals surface area (Å²) in [5, 5.41) is 15.8. The number of hydrogen-bond donors (Lipinski definition) is 2. The molecule has 16 heavy (non-hydrogen) atoms. The van der Waals surface area contributed by atoms with E-state index in [1.54, 1.807) is 7.11 Å². The van der Waals surface area contributed by atoms with Crippen molar-refractivity contribution in [2.24, 2.45) is 0 Å². The number of rotatable bonds is 8. The summed E-state index contributed by atoms with van der Waals surface area (Å²) >= 11 is 0. The van der Waals surface area contributed by atoms with Crippen molar-refractivity contribution in [1.29, 1.82) is 0 Å². The topological polar surface area (TPSA) is 85.2 Å². The molecule has 0 amide bonds. The molecule has 6 nitrogen and oxygen atoms in total. The number of methoxy groups -OCH3 is 1. The molecule has 0 aliphatic heterocycles. The van der Waals surface area contributed by atoms with E-state index >= 15 is 0 Å². The molecule has 6 heteroatoms. The van der Waals surface area contributed by atoms with E-state index in [4.69, 9.17) is 29.2 Å². The molecule has 0 saturated carbocycles. The van der Waals surface area contributed by atoms with Crippen LogP contribution in [0.5, 0.6) is 0 Å². The van der Waals surface area contributed by atoms with Crippen molar-refractivity contribution in [3.8, 4) is 0 Å². The minimum atomic E-state index is -0.833. The van der Waals surface area contributed by atoms with E-state index in [2.05, 4.69) is 0 Å². The molecule has 0 heterocycles. The maximum atomic E-state index is 9.00. The Morgan fingerprint density at radius 1 is 1.25 bits per heavy atom. The second-order valence-corrected chi connectivity index (χ2v) is 2.98. The minimum Gasteiger partial charge on any atom is -0.481 e. The van der Waals surface area contributed by atoms with Gasteiger partial charge in [-0.2, -0.15) is 0 Å². The van der Waals surface area contributed by atoms with Gasteiger partial charge < -0.3 is 24.4 Å². The van der Waals surface area contributed by atoms with Crippen LogP contribution in [0.2, 0.25) is 0 Å². The van der Waals surface area contributed by atoms with E-state index in [1.165, 1.54) is 0 Å². The van der Waals surface area contributed by atoms with E-state index in [9.17, 15) is 0 Å². The summed E-state index contributed by atoms with van der Waals surface area (Å²) in [4.78, 5) is 9.00. The van der Waals surface area contributed by atoms with Gasteiger partial charge in [-0.15, -0.1) is 0 Å². The van der Waals surface area contributed by atoms with Crippen molar-refractivity contribution in [2.75, 3.05) is 40.1 Å². The van der Waals surface area contributed by atoms with E-state index in [-0.39, 0.29) is 12.7 Å². The molecule has 98 valence electrons. The van der Waals surface area contributed by atoms with Crippen LogP contribution >= 0.6 is 0 Å². The summed E-state index contributed by atoms with van der Waals surface area (Å²) < 4.78 is 15.2. The van der Waals surface area contributed by atoms with Gasteiger partial charge in [0, 0.05) is 14.0 Å². The molecular weight excluding hydrogens is 216 g/mol. The summed E-state index contributed by atoms with van der Waals surface area (Å²) in [6.07, 6.45) is 0.128. The maximum Gasteiger partial charge on any atom is 0.300 e. The number of ether oxygens (including phenoxy) is 3. The fourth-order valence-corrected chi connectivity index (χ4v) is 0.602. The van der Waals surface area contributed by atoms with E-state index in [0.717, 1.165) is 6.92 Å². The minimum absolute atomic E-state index is 0.0640. The monoisotopic (exact) mass is 238 g/mol. The second kappa shape index (κ2) is 14.3. The van der Waals surface area contributed by atoms with Gasteiger partial charge in [0.25, 0.3) is 5.97 Å². The molecule has 0 aromatic heterocycles. The first kappa shape index (κ1) is 17.7. The Labute approximate surface area is 96.1 Å². The summed E-state index contributed by atoms with van der Waals surface area (Å²) in [6.45, 7) is 5.12. The lowest BCUT2D eigenvalue weighted by Crippen LogP contribution is -2.16. The number of aliphatic hydroxyl groups excluding tert-OH is 1. The van der Waals surface area contributed by atoms with Crippen LogP contribution in [0.15, 0.2) is 0 Å². The molecular formula is C10H22O6. The highest BCUT2D eigenvalue weighted by atomic mass is 16.5. The normalized spacial score (nSPS) is 11.5. The Morgan fingerprint density at radius 3 is 2.19 bits per heavy atom. The van der Waals surface area contributed by atoms with Gasteiger partial charge in [-0.25, -0.2) is 0 Å². The molecule has 0 aromatic carbocycles. The quantitative estimate of drug-likeness (QED) is 0.585. The zero-order valence-electron chi connectivity index (χ0n) is 10.1. The van der Waals surface area contributed by atoms with Gasteiger partial charge in [0.05, 0.1) is 39.1 Å². The second-order valence-electron chi connectivity index (χ2n) is 2.98. The lowest BCUT2D eigenvalue weighted by molar-refractivity contribution is -0.134. The molecule has 0 rings (SSSR count). The number of aliphatic carboxylic acids is 1. The van der Waals surface area contributed by atoms with Crippen LogP contribution in [-0.4, -0.2) is 62.4 Å². The standard InChI is InChI=1S/C8H18O4.C2H4O2/c1-8(10-2)7-12-6-5-11-4-3-9;1-2(3)4/h8-9H,3-7H2,1-2H3;1H3,(H,3,4). The molecule has 0 fully saturated rings. The molecule has 2 N–H and O–H groups in total. The van der Waals surface area contributed by atoms with Gasteiger partial charge >= 0.3 is 0 Å². The average molecular weight is 238 g/mol. The Bertz CT molecular complexity index is 146. The molecule has 1 unspecified atom stereocenters. The number of carbonyl (C=O) groups is 1. The van der Waals surface area contributed by atoms with Crippen LogP contribution in [0.1, 0.15) is 13.8 Å². The predicted molar refractivity (Wildman–Crippen MR) is 58.5 cm³/mol. The predicted octanol–water partition coefficient (Wildman–Crippen LogP) is 0.138. The van der Waals surface area contributed by atoms with Gasteiger partial charge in [-0.3, -0.25) is 4.79 Å². The molecule has 0 radical (unpaired) electrons. The van der Waals surface area contributed by atoms with Crippen molar-refractivity contribution in [3.05, 3.63) is 0 Å². The highest BCUT2D eigenvalue weighted by Crippen LogP contribution is 1.88. The highest BCUT2D eigenvalue weighted by molar-refractivity contribution is 5.62. The summed E-state index contributed by atoms with van der Waals surface area (Å²) in [5.41, 5.74) is 0. The van der Waals surface area contributed by atoms with Gasteiger partial charge in [0.15, 0.2) is 0 Å². The van der Waals surface area contributed by atoms with E-state index in [1.807, 2.05) is 6.92 Å². The lowest BCUT2D eigenvalue weighted by Gasteiger charge is -2.09. The molecule has 1 atom stereocenters. The van der Waals surface area contributed by atoms with Gasteiger partial charge in [-0.1, -0.05) is 0 Å². The molecule has 0 aliphatic rings.